The van der Waals surface area contributed by atoms with E-state index in [-0.39, 0.29) is 12.2 Å². The molecule has 3 atom stereocenters. The molecule has 3 heteroatoms. The minimum Gasteiger partial charge on any atom is -0.374 e. The lowest BCUT2D eigenvalue weighted by atomic mass is 10.00. The van der Waals surface area contributed by atoms with Crippen molar-refractivity contribution in [3.8, 4) is 0 Å². The van der Waals surface area contributed by atoms with Crippen LogP contribution in [0.5, 0.6) is 0 Å². The smallest absolute Gasteiger partial charge is 0.122 e. The van der Waals surface area contributed by atoms with Gasteiger partial charge in [-0.05, 0) is 5.56 Å². The molecule has 0 aromatic heterocycles. The van der Waals surface area contributed by atoms with E-state index in [1.165, 1.54) is 0 Å². The van der Waals surface area contributed by atoms with Crippen LogP contribution < -0.4 is 0 Å². The summed E-state index contributed by atoms with van der Waals surface area (Å²) < 4.78 is 11.5. The molecule has 0 saturated heterocycles. The molecule has 1 aliphatic rings. The maximum absolute atomic E-state index is 10.5. The van der Waals surface area contributed by atoms with Crippen molar-refractivity contribution in [3.05, 3.63) is 48.0 Å². The Morgan fingerprint density at radius 1 is 1.26 bits per heavy atom. The fourth-order valence-corrected chi connectivity index (χ4v) is 2.10. The number of carbonyl (C=O) groups is 1. The van der Waals surface area contributed by atoms with Gasteiger partial charge >= 0.3 is 0 Å². The second kappa shape index (κ2) is 7.22. The van der Waals surface area contributed by atoms with Gasteiger partial charge in [0, 0.05) is 12.3 Å². The van der Waals surface area contributed by atoms with Crippen LogP contribution in [0.4, 0.5) is 0 Å². The summed E-state index contributed by atoms with van der Waals surface area (Å²) in [7, 11) is 0. The Hall–Kier alpha value is -1.45. The Bertz CT molecular complexity index is 413. The van der Waals surface area contributed by atoms with Crippen molar-refractivity contribution in [2.24, 2.45) is 5.92 Å². The molecule has 1 aromatic carbocycles. The van der Waals surface area contributed by atoms with E-state index < -0.39 is 0 Å². The second-order valence-electron chi connectivity index (χ2n) is 4.86. The Morgan fingerprint density at radius 3 is 2.79 bits per heavy atom. The molecule has 0 unspecified atom stereocenters. The Balaban J connectivity index is 1.79. The predicted molar refractivity (Wildman–Crippen MR) is 73.7 cm³/mol. The second-order valence-corrected chi connectivity index (χ2v) is 4.86. The molecule has 0 aliphatic carbocycles. The molecule has 0 saturated carbocycles. The fraction of sp³-hybridized carbons (Fsp3) is 0.438. The van der Waals surface area contributed by atoms with Gasteiger partial charge in [-0.25, -0.2) is 0 Å². The third-order valence-corrected chi connectivity index (χ3v) is 3.29. The summed E-state index contributed by atoms with van der Waals surface area (Å²) in [6, 6.07) is 10.1. The van der Waals surface area contributed by atoms with Crippen LogP contribution >= 0.6 is 0 Å². The minimum absolute atomic E-state index is 0.0265. The predicted octanol–water partition coefficient (Wildman–Crippen LogP) is 2.75. The Labute approximate surface area is 114 Å². The molecule has 3 nitrogen and oxygen atoms in total. The van der Waals surface area contributed by atoms with Crippen LogP contribution in [0.15, 0.2) is 42.5 Å². The summed E-state index contributed by atoms with van der Waals surface area (Å²) in [4.78, 5) is 10.5. The van der Waals surface area contributed by atoms with Gasteiger partial charge in [0.2, 0.25) is 0 Å². The van der Waals surface area contributed by atoms with Crippen molar-refractivity contribution in [1.82, 2.24) is 0 Å². The zero-order valence-electron chi connectivity index (χ0n) is 11.2. The van der Waals surface area contributed by atoms with E-state index in [1.807, 2.05) is 36.4 Å². The van der Waals surface area contributed by atoms with Crippen LogP contribution in [0.2, 0.25) is 0 Å². The third kappa shape index (κ3) is 4.30. The number of benzene rings is 1. The molecule has 0 bridgehead atoms. The first-order chi connectivity index (χ1) is 9.29. The minimum atomic E-state index is -0.0981. The van der Waals surface area contributed by atoms with Crippen LogP contribution in [0.3, 0.4) is 0 Å². The summed E-state index contributed by atoms with van der Waals surface area (Å²) in [5.74, 6) is 0.318. The van der Waals surface area contributed by atoms with Crippen molar-refractivity contribution in [1.29, 1.82) is 0 Å². The van der Waals surface area contributed by atoms with Crippen molar-refractivity contribution in [3.63, 3.8) is 0 Å². The average molecular weight is 260 g/mol. The molecule has 0 amide bonds. The standard InChI is InChI=1S/C16H20O3/c1-13-7-8-15(9-10-17)19-16(13)12-18-11-14-5-3-2-4-6-14/h2-8,10,13,15-16H,9,11-12H2,1H3/t13-,15-,16+/m1/s1. The van der Waals surface area contributed by atoms with Gasteiger partial charge in [0.25, 0.3) is 0 Å². The topological polar surface area (TPSA) is 35.5 Å². The number of rotatable bonds is 6. The molecular weight excluding hydrogens is 240 g/mol. The van der Waals surface area contributed by atoms with Crippen molar-refractivity contribution in [2.75, 3.05) is 6.61 Å². The quantitative estimate of drug-likeness (QED) is 0.583. The van der Waals surface area contributed by atoms with Gasteiger partial charge in [0.05, 0.1) is 25.4 Å². The Kier molecular flexibility index (Phi) is 5.31. The van der Waals surface area contributed by atoms with Crippen LogP contribution in [-0.2, 0) is 20.9 Å². The number of hydrogen-bond acceptors (Lipinski definition) is 3. The molecule has 102 valence electrons. The monoisotopic (exact) mass is 260 g/mol. The number of ether oxygens (including phenoxy) is 2. The largest absolute Gasteiger partial charge is 0.374 e. The fourth-order valence-electron chi connectivity index (χ4n) is 2.10. The van der Waals surface area contributed by atoms with Crippen LogP contribution in [0.1, 0.15) is 18.9 Å². The number of aldehydes is 1. The van der Waals surface area contributed by atoms with E-state index >= 15 is 0 Å². The first kappa shape index (κ1) is 14.0. The van der Waals surface area contributed by atoms with Crippen molar-refractivity contribution in [2.45, 2.75) is 32.2 Å². The van der Waals surface area contributed by atoms with E-state index in [0.717, 1.165) is 11.8 Å². The van der Waals surface area contributed by atoms with Crippen molar-refractivity contribution >= 4 is 6.29 Å². The summed E-state index contributed by atoms with van der Waals surface area (Å²) in [6.07, 6.45) is 5.31. The molecule has 1 heterocycles. The lowest BCUT2D eigenvalue weighted by Crippen LogP contribution is -2.34. The lowest BCUT2D eigenvalue weighted by Gasteiger charge is -2.29. The number of carbonyl (C=O) groups excluding carboxylic acids is 1. The molecule has 2 rings (SSSR count). The van der Waals surface area contributed by atoms with Gasteiger partial charge in [0.1, 0.15) is 6.29 Å². The van der Waals surface area contributed by atoms with E-state index in [0.29, 0.717) is 25.6 Å². The molecule has 1 aromatic rings. The van der Waals surface area contributed by atoms with Gasteiger partial charge in [-0.15, -0.1) is 0 Å². The normalized spacial score (nSPS) is 26.3. The Morgan fingerprint density at radius 2 is 2.05 bits per heavy atom. The first-order valence-corrected chi connectivity index (χ1v) is 6.68. The van der Waals surface area contributed by atoms with Gasteiger partial charge in [-0.1, -0.05) is 49.4 Å². The van der Waals surface area contributed by atoms with Crippen molar-refractivity contribution < 1.29 is 14.3 Å². The molecule has 0 spiro atoms. The maximum Gasteiger partial charge on any atom is 0.122 e. The molecule has 19 heavy (non-hydrogen) atoms. The van der Waals surface area contributed by atoms with Crippen LogP contribution in [0.25, 0.3) is 0 Å². The summed E-state index contributed by atoms with van der Waals surface area (Å²) >= 11 is 0. The lowest BCUT2D eigenvalue weighted by molar-refractivity contribution is -0.113. The highest BCUT2D eigenvalue weighted by molar-refractivity contribution is 5.50. The highest BCUT2D eigenvalue weighted by Crippen LogP contribution is 2.20. The van der Waals surface area contributed by atoms with Crippen LogP contribution in [0, 0.1) is 5.92 Å². The van der Waals surface area contributed by atoms with Gasteiger partial charge in [-0.3, -0.25) is 0 Å². The summed E-state index contributed by atoms with van der Waals surface area (Å²) in [5, 5.41) is 0. The van der Waals surface area contributed by atoms with E-state index in [2.05, 4.69) is 13.0 Å². The van der Waals surface area contributed by atoms with Gasteiger partial charge in [-0.2, -0.15) is 0 Å². The molecular formula is C16H20O3. The van der Waals surface area contributed by atoms with E-state index in [4.69, 9.17) is 9.47 Å². The zero-order chi connectivity index (χ0) is 13.5. The molecule has 1 aliphatic heterocycles. The summed E-state index contributed by atoms with van der Waals surface area (Å²) in [6.45, 7) is 3.25. The summed E-state index contributed by atoms with van der Waals surface area (Å²) in [5.41, 5.74) is 1.16. The van der Waals surface area contributed by atoms with E-state index in [1.54, 1.807) is 0 Å². The highest BCUT2D eigenvalue weighted by Gasteiger charge is 2.23. The number of hydrogen-bond donors (Lipinski definition) is 0. The zero-order valence-corrected chi connectivity index (χ0v) is 11.2. The van der Waals surface area contributed by atoms with E-state index in [9.17, 15) is 4.79 Å². The maximum atomic E-state index is 10.5. The molecule has 0 fully saturated rings. The SMILES string of the molecule is C[C@@H]1C=C[C@H](CC=O)O[C@H]1COCc1ccccc1. The van der Waals surface area contributed by atoms with Gasteiger partial charge < -0.3 is 14.3 Å². The highest BCUT2D eigenvalue weighted by atomic mass is 16.5. The van der Waals surface area contributed by atoms with Crippen LogP contribution in [-0.4, -0.2) is 25.1 Å². The average Bonchev–Trinajstić information content (AvgIpc) is 2.44. The molecule has 0 radical (unpaired) electrons. The molecule has 0 N–H and O–H groups in total. The van der Waals surface area contributed by atoms with Gasteiger partial charge in [0.15, 0.2) is 0 Å². The first-order valence-electron chi connectivity index (χ1n) is 6.68. The third-order valence-electron chi connectivity index (χ3n) is 3.29.